The molecule has 0 spiro atoms. The summed E-state index contributed by atoms with van der Waals surface area (Å²) in [6.07, 6.45) is 0.667. The zero-order chi connectivity index (χ0) is 11.5. The van der Waals surface area contributed by atoms with E-state index in [0.29, 0.717) is 6.42 Å². The molecule has 0 radical (unpaired) electrons. The topological polar surface area (TPSA) is 46.2 Å². The Hall–Kier alpha value is -1.32. The molecule has 3 heteroatoms. The molecule has 0 aliphatic rings. The summed E-state index contributed by atoms with van der Waals surface area (Å²) >= 11 is 1.67. The van der Waals surface area contributed by atoms with E-state index in [1.165, 1.54) is 5.56 Å². The van der Waals surface area contributed by atoms with Crippen LogP contribution in [-0.4, -0.2) is 11.7 Å². The van der Waals surface area contributed by atoms with Crippen LogP contribution in [0.3, 0.4) is 0 Å². The molecule has 0 aliphatic heterocycles. The van der Waals surface area contributed by atoms with Crippen LogP contribution in [0.1, 0.15) is 11.1 Å². The van der Waals surface area contributed by atoms with Crippen molar-refractivity contribution in [3.8, 4) is 11.1 Å². The molecule has 16 heavy (non-hydrogen) atoms. The van der Waals surface area contributed by atoms with Crippen LogP contribution in [-0.2, 0) is 6.42 Å². The van der Waals surface area contributed by atoms with Crippen molar-refractivity contribution in [2.75, 3.05) is 12.3 Å². The molecule has 2 nitrogen and oxygen atoms in total. The minimum absolute atomic E-state index is 0.165. The lowest BCUT2D eigenvalue weighted by atomic mass is 9.97. The summed E-state index contributed by atoms with van der Waals surface area (Å²) in [6, 6.07) is 6.16. The summed E-state index contributed by atoms with van der Waals surface area (Å²) in [7, 11) is 0. The summed E-state index contributed by atoms with van der Waals surface area (Å²) in [5.74, 6) is 0. The number of nitrogens with two attached hydrogens (primary N) is 1. The van der Waals surface area contributed by atoms with Crippen LogP contribution in [0.4, 0.5) is 5.69 Å². The summed E-state index contributed by atoms with van der Waals surface area (Å²) in [5, 5.41) is 13.1. The second-order valence-corrected chi connectivity index (χ2v) is 4.58. The molecular formula is C13H15NOS. The molecule has 3 N–H and O–H groups in total. The third-order valence-electron chi connectivity index (χ3n) is 2.84. The van der Waals surface area contributed by atoms with Gasteiger partial charge in [-0.1, -0.05) is 12.1 Å². The highest BCUT2D eigenvalue weighted by molar-refractivity contribution is 7.08. The van der Waals surface area contributed by atoms with E-state index in [1.807, 2.05) is 18.4 Å². The maximum atomic E-state index is 8.95. The third kappa shape index (κ3) is 1.96. The number of aliphatic hydroxyl groups is 1. The number of benzene rings is 1. The van der Waals surface area contributed by atoms with Crippen LogP contribution in [0.25, 0.3) is 11.1 Å². The van der Waals surface area contributed by atoms with Crippen LogP contribution in [0.5, 0.6) is 0 Å². The van der Waals surface area contributed by atoms with Crippen molar-refractivity contribution in [3.63, 3.8) is 0 Å². The van der Waals surface area contributed by atoms with Gasteiger partial charge < -0.3 is 10.8 Å². The van der Waals surface area contributed by atoms with Gasteiger partial charge in [0, 0.05) is 17.9 Å². The van der Waals surface area contributed by atoms with Gasteiger partial charge in [-0.3, -0.25) is 0 Å². The molecular weight excluding hydrogens is 218 g/mol. The number of nitrogen functional groups attached to an aromatic ring is 1. The highest BCUT2D eigenvalue weighted by atomic mass is 32.1. The van der Waals surface area contributed by atoms with Crippen molar-refractivity contribution >= 4 is 17.0 Å². The Balaban J connectivity index is 2.47. The Morgan fingerprint density at radius 2 is 2.12 bits per heavy atom. The SMILES string of the molecule is Cc1c(CCO)ccc(-c2ccsc2)c1N. The van der Waals surface area contributed by atoms with Gasteiger partial charge in [0.05, 0.1) is 0 Å². The first-order valence-electron chi connectivity index (χ1n) is 5.25. The quantitative estimate of drug-likeness (QED) is 0.801. The van der Waals surface area contributed by atoms with Crippen molar-refractivity contribution in [1.82, 2.24) is 0 Å². The van der Waals surface area contributed by atoms with E-state index in [9.17, 15) is 0 Å². The summed E-state index contributed by atoms with van der Waals surface area (Å²) in [6.45, 7) is 2.17. The normalized spacial score (nSPS) is 10.6. The van der Waals surface area contributed by atoms with Crippen molar-refractivity contribution in [2.45, 2.75) is 13.3 Å². The van der Waals surface area contributed by atoms with Crippen molar-refractivity contribution < 1.29 is 5.11 Å². The number of hydrogen-bond acceptors (Lipinski definition) is 3. The predicted octanol–water partition coefficient (Wildman–Crippen LogP) is 2.84. The Morgan fingerprint density at radius 3 is 2.75 bits per heavy atom. The number of hydrogen-bond donors (Lipinski definition) is 2. The third-order valence-corrected chi connectivity index (χ3v) is 3.52. The lowest BCUT2D eigenvalue weighted by molar-refractivity contribution is 0.299. The molecule has 1 aromatic carbocycles. The van der Waals surface area contributed by atoms with Gasteiger partial charge in [0.1, 0.15) is 0 Å². The van der Waals surface area contributed by atoms with E-state index >= 15 is 0 Å². The molecule has 2 aromatic rings. The number of thiophene rings is 1. The zero-order valence-corrected chi connectivity index (χ0v) is 10.1. The van der Waals surface area contributed by atoms with Crippen LogP contribution in [0, 0.1) is 6.92 Å². The van der Waals surface area contributed by atoms with Gasteiger partial charge in [0.2, 0.25) is 0 Å². The van der Waals surface area contributed by atoms with Gasteiger partial charge in [-0.15, -0.1) is 0 Å². The Bertz CT molecular complexity index is 477. The van der Waals surface area contributed by atoms with E-state index in [1.54, 1.807) is 11.3 Å². The highest BCUT2D eigenvalue weighted by Crippen LogP contribution is 2.31. The van der Waals surface area contributed by atoms with Gasteiger partial charge in [-0.2, -0.15) is 11.3 Å². The standard InChI is InChI=1S/C13H15NOS/c1-9-10(4-6-15)2-3-12(13(9)14)11-5-7-16-8-11/h2-3,5,7-8,15H,4,6,14H2,1H3. The Kier molecular flexibility index (Phi) is 3.27. The molecule has 0 amide bonds. The monoisotopic (exact) mass is 233 g/mol. The van der Waals surface area contributed by atoms with Crippen molar-refractivity contribution in [1.29, 1.82) is 0 Å². The molecule has 1 aromatic heterocycles. The van der Waals surface area contributed by atoms with E-state index in [-0.39, 0.29) is 6.61 Å². The average molecular weight is 233 g/mol. The first-order valence-corrected chi connectivity index (χ1v) is 6.19. The van der Waals surface area contributed by atoms with E-state index in [2.05, 4.69) is 17.5 Å². The molecule has 0 unspecified atom stereocenters. The van der Waals surface area contributed by atoms with Crippen LogP contribution in [0.2, 0.25) is 0 Å². The molecule has 0 saturated heterocycles. The number of aliphatic hydroxyl groups excluding tert-OH is 1. The van der Waals surface area contributed by atoms with Crippen molar-refractivity contribution in [2.24, 2.45) is 0 Å². The highest BCUT2D eigenvalue weighted by Gasteiger charge is 2.08. The molecule has 2 rings (SSSR count). The van der Waals surface area contributed by atoms with E-state index in [0.717, 1.165) is 22.4 Å². The van der Waals surface area contributed by atoms with Gasteiger partial charge in [0.25, 0.3) is 0 Å². The minimum atomic E-state index is 0.165. The summed E-state index contributed by atoms with van der Waals surface area (Å²) in [4.78, 5) is 0. The summed E-state index contributed by atoms with van der Waals surface area (Å²) in [5.41, 5.74) is 11.4. The number of rotatable bonds is 3. The lowest BCUT2D eigenvalue weighted by Gasteiger charge is -2.11. The second-order valence-electron chi connectivity index (χ2n) is 3.80. The fraction of sp³-hybridized carbons (Fsp3) is 0.231. The molecule has 0 fully saturated rings. The predicted molar refractivity (Wildman–Crippen MR) is 69.7 cm³/mol. The molecule has 0 aliphatic carbocycles. The van der Waals surface area contributed by atoms with E-state index < -0.39 is 0 Å². The summed E-state index contributed by atoms with van der Waals surface area (Å²) < 4.78 is 0. The van der Waals surface area contributed by atoms with Gasteiger partial charge in [-0.25, -0.2) is 0 Å². The van der Waals surface area contributed by atoms with Crippen LogP contribution in [0.15, 0.2) is 29.0 Å². The van der Waals surface area contributed by atoms with Gasteiger partial charge in [0.15, 0.2) is 0 Å². The number of anilines is 1. The molecule has 1 heterocycles. The van der Waals surface area contributed by atoms with E-state index in [4.69, 9.17) is 10.8 Å². The smallest absolute Gasteiger partial charge is 0.0471 e. The fourth-order valence-corrected chi connectivity index (χ4v) is 2.49. The maximum Gasteiger partial charge on any atom is 0.0471 e. The maximum absolute atomic E-state index is 8.95. The lowest BCUT2D eigenvalue weighted by Crippen LogP contribution is -2.00. The molecule has 0 saturated carbocycles. The van der Waals surface area contributed by atoms with Gasteiger partial charge >= 0.3 is 0 Å². The largest absolute Gasteiger partial charge is 0.398 e. The first kappa shape index (κ1) is 11.2. The second kappa shape index (κ2) is 4.68. The molecule has 0 atom stereocenters. The molecule has 0 bridgehead atoms. The average Bonchev–Trinajstić information content (AvgIpc) is 2.79. The van der Waals surface area contributed by atoms with Crippen molar-refractivity contribution in [3.05, 3.63) is 40.1 Å². The fourth-order valence-electron chi connectivity index (χ4n) is 1.83. The minimum Gasteiger partial charge on any atom is -0.398 e. The van der Waals surface area contributed by atoms with Gasteiger partial charge in [-0.05, 0) is 46.9 Å². The molecule has 84 valence electrons. The van der Waals surface area contributed by atoms with Crippen LogP contribution >= 0.6 is 11.3 Å². The van der Waals surface area contributed by atoms with Crippen LogP contribution < -0.4 is 5.73 Å². The Morgan fingerprint density at radius 1 is 1.31 bits per heavy atom. The Labute approximate surface area is 99.4 Å². The first-order chi connectivity index (χ1) is 7.74. The zero-order valence-electron chi connectivity index (χ0n) is 9.23.